The van der Waals surface area contributed by atoms with Crippen molar-refractivity contribution in [2.75, 3.05) is 6.54 Å². The molecular formula is C16H13BrN2OS. The van der Waals surface area contributed by atoms with Gasteiger partial charge in [0.1, 0.15) is 5.75 Å². The predicted molar refractivity (Wildman–Crippen MR) is 91.6 cm³/mol. The van der Waals surface area contributed by atoms with Crippen LogP contribution in [0, 0.1) is 0 Å². The summed E-state index contributed by atoms with van der Waals surface area (Å²) in [5.74, 6) is 0.238. The van der Waals surface area contributed by atoms with Gasteiger partial charge in [0.15, 0.2) is 0 Å². The van der Waals surface area contributed by atoms with E-state index < -0.39 is 0 Å². The topological polar surface area (TPSA) is 45.5 Å². The molecule has 3 nitrogen and oxygen atoms in total. The van der Waals surface area contributed by atoms with Gasteiger partial charge in [0, 0.05) is 29.2 Å². The number of aliphatic imine (C=N–C) groups is 1. The van der Waals surface area contributed by atoms with Crippen LogP contribution in [0.25, 0.3) is 10.2 Å². The fourth-order valence-corrected chi connectivity index (χ4v) is 3.31. The van der Waals surface area contributed by atoms with Gasteiger partial charge in [-0.25, -0.2) is 4.98 Å². The minimum Gasteiger partial charge on any atom is -0.507 e. The lowest BCUT2D eigenvalue weighted by Gasteiger charge is -1.98. The van der Waals surface area contributed by atoms with Gasteiger partial charge >= 0.3 is 0 Å². The largest absolute Gasteiger partial charge is 0.507 e. The number of rotatable bonds is 4. The van der Waals surface area contributed by atoms with Gasteiger partial charge < -0.3 is 5.11 Å². The summed E-state index contributed by atoms with van der Waals surface area (Å²) in [6, 6.07) is 13.4. The molecule has 2 aromatic carbocycles. The average Bonchev–Trinajstić information content (AvgIpc) is 2.89. The number of aromatic nitrogens is 1. The number of hydrogen-bond acceptors (Lipinski definition) is 4. The van der Waals surface area contributed by atoms with Crippen LogP contribution in [-0.2, 0) is 6.42 Å². The first-order valence-corrected chi connectivity index (χ1v) is 8.16. The van der Waals surface area contributed by atoms with Crippen LogP contribution in [0.3, 0.4) is 0 Å². The monoisotopic (exact) mass is 360 g/mol. The van der Waals surface area contributed by atoms with Crippen molar-refractivity contribution in [3.05, 3.63) is 57.5 Å². The van der Waals surface area contributed by atoms with E-state index >= 15 is 0 Å². The second kappa shape index (κ2) is 6.37. The average molecular weight is 361 g/mol. The smallest absolute Gasteiger partial charge is 0.124 e. The van der Waals surface area contributed by atoms with Crippen LogP contribution in [0.2, 0.25) is 0 Å². The molecule has 0 radical (unpaired) electrons. The zero-order valence-electron chi connectivity index (χ0n) is 11.2. The summed E-state index contributed by atoms with van der Waals surface area (Å²) in [7, 11) is 0. The lowest BCUT2D eigenvalue weighted by Crippen LogP contribution is -1.90. The Morgan fingerprint density at radius 3 is 2.95 bits per heavy atom. The summed E-state index contributed by atoms with van der Waals surface area (Å²) in [5, 5.41) is 10.8. The number of hydrogen-bond donors (Lipinski definition) is 1. The highest BCUT2D eigenvalue weighted by Crippen LogP contribution is 2.22. The van der Waals surface area contributed by atoms with E-state index in [1.54, 1.807) is 29.7 Å². The van der Waals surface area contributed by atoms with Crippen molar-refractivity contribution in [2.24, 2.45) is 4.99 Å². The quantitative estimate of drug-likeness (QED) is 0.699. The maximum absolute atomic E-state index is 9.72. The van der Waals surface area contributed by atoms with Crippen LogP contribution < -0.4 is 0 Å². The molecule has 0 aliphatic heterocycles. The molecule has 0 atom stereocenters. The van der Waals surface area contributed by atoms with Crippen LogP contribution in [0.1, 0.15) is 10.6 Å². The zero-order valence-corrected chi connectivity index (χ0v) is 13.6. The van der Waals surface area contributed by atoms with E-state index in [9.17, 15) is 5.11 Å². The molecule has 1 N–H and O–H groups in total. The van der Waals surface area contributed by atoms with Gasteiger partial charge in [-0.2, -0.15) is 0 Å². The minimum absolute atomic E-state index is 0.238. The highest BCUT2D eigenvalue weighted by atomic mass is 79.9. The Labute approximate surface area is 135 Å². The molecule has 5 heteroatoms. The molecule has 3 aromatic rings. The van der Waals surface area contributed by atoms with E-state index in [2.05, 4.69) is 32.0 Å². The summed E-state index contributed by atoms with van der Waals surface area (Å²) in [6.07, 6.45) is 2.51. The first kappa shape index (κ1) is 14.2. The normalized spacial score (nSPS) is 11.5. The van der Waals surface area contributed by atoms with Crippen molar-refractivity contribution >= 4 is 43.7 Å². The third-order valence-electron chi connectivity index (χ3n) is 3.01. The molecule has 0 saturated heterocycles. The van der Waals surface area contributed by atoms with Crippen LogP contribution >= 0.6 is 27.3 Å². The van der Waals surface area contributed by atoms with Gasteiger partial charge in [-0.3, -0.25) is 4.99 Å². The van der Waals surface area contributed by atoms with E-state index in [-0.39, 0.29) is 5.75 Å². The Balaban J connectivity index is 1.65. The van der Waals surface area contributed by atoms with Gasteiger partial charge in [-0.05, 0) is 30.3 Å². The van der Waals surface area contributed by atoms with E-state index in [0.29, 0.717) is 12.1 Å². The summed E-state index contributed by atoms with van der Waals surface area (Å²) >= 11 is 5.09. The van der Waals surface area contributed by atoms with Crippen molar-refractivity contribution < 1.29 is 5.11 Å². The molecule has 0 unspecified atom stereocenters. The fourth-order valence-electron chi connectivity index (χ4n) is 1.98. The number of fused-ring (bicyclic) bond motifs is 1. The summed E-state index contributed by atoms with van der Waals surface area (Å²) in [6.45, 7) is 0.659. The second-order valence-corrected chi connectivity index (χ2v) is 6.59. The Kier molecular flexibility index (Phi) is 4.31. The number of halogens is 1. The van der Waals surface area contributed by atoms with Crippen LogP contribution in [0.15, 0.2) is 51.9 Å². The van der Waals surface area contributed by atoms with E-state index in [1.807, 2.05) is 24.3 Å². The van der Waals surface area contributed by atoms with E-state index in [0.717, 1.165) is 21.4 Å². The third kappa shape index (κ3) is 3.49. The van der Waals surface area contributed by atoms with Crippen molar-refractivity contribution in [3.8, 4) is 5.75 Å². The molecule has 0 bridgehead atoms. The minimum atomic E-state index is 0.238. The highest BCUT2D eigenvalue weighted by molar-refractivity contribution is 9.10. The molecular weight excluding hydrogens is 348 g/mol. The Morgan fingerprint density at radius 1 is 1.24 bits per heavy atom. The maximum Gasteiger partial charge on any atom is 0.124 e. The molecule has 0 fully saturated rings. The molecule has 21 heavy (non-hydrogen) atoms. The standard InChI is InChI=1S/C16H13BrN2OS/c17-12-5-6-14(20)11(9-12)10-18-8-7-16-19-13-3-1-2-4-15(13)21-16/h1-6,9-10,20H,7-8H2. The second-order valence-electron chi connectivity index (χ2n) is 4.56. The van der Waals surface area contributed by atoms with Crippen LogP contribution in [-0.4, -0.2) is 22.8 Å². The number of nitrogens with zero attached hydrogens (tertiary/aromatic N) is 2. The molecule has 0 spiro atoms. The Morgan fingerprint density at radius 2 is 2.10 bits per heavy atom. The zero-order chi connectivity index (χ0) is 14.7. The molecule has 3 rings (SSSR count). The first-order valence-electron chi connectivity index (χ1n) is 6.55. The summed E-state index contributed by atoms with van der Waals surface area (Å²) in [5.41, 5.74) is 1.76. The van der Waals surface area contributed by atoms with Crippen LogP contribution in [0.5, 0.6) is 5.75 Å². The molecule has 1 heterocycles. The van der Waals surface area contributed by atoms with E-state index in [1.165, 1.54) is 4.70 Å². The van der Waals surface area contributed by atoms with Gasteiger partial charge in [0.25, 0.3) is 0 Å². The SMILES string of the molecule is Oc1ccc(Br)cc1C=NCCc1nc2ccccc2s1. The molecule has 0 aliphatic rings. The Hall–Kier alpha value is -1.72. The fraction of sp³-hybridized carbons (Fsp3) is 0.125. The number of benzene rings is 2. The number of aromatic hydroxyl groups is 1. The molecule has 0 amide bonds. The highest BCUT2D eigenvalue weighted by Gasteiger charge is 2.02. The number of para-hydroxylation sites is 1. The molecule has 0 aliphatic carbocycles. The van der Waals surface area contributed by atoms with Crippen molar-refractivity contribution in [2.45, 2.75) is 6.42 Å². The van der Waals surface area contributed by atoms with Crippen LogP contribution in [0.4, 0.5) is 0 Å². The summed E-state index contributed by atoms with van der Waals surface area (Å²) in [4.78, 5) is 8.95. The van der Waals surface area contributed by atoms with Gasteiger partial charge in [-0.15, -0.1) is 11.3 Å². The third-order valence-corrected chi connectivity index (χ3v) is 4.60. The Bertz CT molecular complexity index is 765. The lowest BCUT2D eigenvalue weighted by molar-refractivity contribution is 0.474. The predicted octanol–water partition coefficient (Wildman–Crippen LogP) is 4.43. The molecule has 106 valence electrons. The number of phenolic OH excluding ortho intramolecular Hbond substituents is 1. The van der Waals surface area contributed by atoms with Crippen molar-refractivity contribution in [3.63, 3.8) is 0 Å². The van der Waals surface area contributed by atoms with E-state index in [4.69, 9.17) is 0 Å². The van der Waals surface area contributed by atoms with Crippen molar-refractivity contribution in [1.29, 1.82) is 0 Å². The molecule has 0 saturated carbocycles. The van der Waals surface area contributed by atoms with Gasteiger partial charge in [0.05, 0.1) is 15.2 Å². The first-order chi connectivity index (χ1) is 10.2. The lowest BCUT2D eigenvalue weighted by atomic mass is 10.2. The maximum atomic E-state index is 9.72. The van der Waals surface area contributed by atoms with Gasteiger partial charge in [-0.1, -0.05) is 28.1 Å². The number of thiazole rings is 1. The number of phenols is 1. The van der Waals surface area contributed by atoms with Crippen molar-refractivity contribution in [1.82, 2.24) is 4.98 Å². The van der Waals surface area contributed by atoms with Gasteiger partial charge in [0.2, 0.25) is 0 Å². The summed E-state index contributed by atoms with van der Waals surface area (Å²) < 4.78 is 2.13. The molecule has 1 aromatic heterocycles.